The summed E-state index contributed by atoms with van der Waals surface area (Å²) < 4.78 is 45.0. The fraction of sp³-hybridized carbons (Fsp3) is 1.00. The molecule has 3 heterocycles. The van der Waals surface area contributed by atoms with Crippen molar-refractivity contribution in [3.8, 4) is 0 Å². The van der Waals surface area contributed by atoms with Gasteiger partial charge in [-0.1, -0.05) is 7.43 Å². The molecule has 15 atom stereocenters. The average Bonchev–Trinajstić information content (AvgIpc) is 2.99. The van der Waals surface area contributed by atoms with Crippen LogP contribution in [0.3, 0.4) is 0 Å². The third kappa shape index (κ3) is 9.87. The Morgan fingerprint density at radius 3 is 1.36 bits per heavy atom. The molecule has 0 bridgehead atoms. The average molecular weight is 650 g/mol. The summed E-state index contributed by atoms with van der Waals surface area (Å²) in [5.74, 6) is 0. The van der Waals surface area contributed by atoms with Gasteiger partial charge in [-0.05, 0) is 0 Å². The molecule has 0 saturated carbocycles. The second-order valence-corrected chi connectivity index (χ2v) is 10.4. The molecule has 0 aliphatic carbocycles. The maximum atomic E-state index is 11.3. The van der Waals surface area contributed by atoms with Crippen LogP contribution in [0.2, 0.25) is 0 Å². The number of aliphatic hydroxyl groups is 8. The second-order valence-electron chi connectivity index (χ2n) is 10.4. The molecule has 19 nitrogen and oxygen atoms in total. The molecule has 3 rings (SSSR count). The first-order valence-electron chi connectivity index (χ1n) is 14.1. The summed E-state index contributed by atoms with van der Waals surface area (Å²) in [5.41, 5.74) is 18.2. The van der Waals surface area contributed by atoms with Gasteiger partial charge >= 0.3 is 0 Å². The maximum absolute atomic E-state index is 11.3. The molecule has 15 unspecified atom stereocenters. The minimum Gasteiger partial charge on any atom is -0.394 e. The van der Waals surface area contributed by atoms with E-state index in [0.29, 0.717) is 0 Å². The van der Waals surface area contributed by atoms with Gasteiger partial charge in [0.15, 0.2) is 18.9 Å². The molecule has 0 aromatic rings. The Morgan fingerprint density at radius 2 is 0.886 bits per heavy atom. The van der Waals surface area contributed by atoms with Crippen LogP contribution in [0.4, 0.5) is 0 Å². The van der Waals surface area contributed by atoms with E-state index in [-0.39, 0.29) is 66.9 Å². The summed E-state index contributed by atoms with van der Waals surface area (Å²) in [4.78, 5) is 0. The van der Waals surface area contributed by atoms with Gasteiger partial charge in [0.2, 0.25) is 0 Å². The van der Waals surface area contributed by atoms with Crippen LogP contribution in [-0.2, 0) is 37.9 Å². The maximum Gasteiger partial charge on any atom is 0.176 e. The number of hydrogen-bond acceptors (Lipinski definition) is 19. The van der Waals surface area contributed by atoms with Gasteiger partial charge in [-0.2, -0.15) is 0 Å². The molecule has 262 valence electrons. The van der Waals surface area contributed by atoms with Gasteiger partial charge in [-0.3, -0.25) is 0 Å². The lowest BCUT2D eigenvalue weighted by molar-refractivity contribution is -0.349. The largest absolute Gasteiger partial charge is 0.394 e. The second kappa shape index (κ2) is 19.2. The normalized spacial score (nSPS) is 43.0. The number of hydrogen-bond donors (Lipinski definition) is 11. The van der Waals surface area contributed by atoms with Gasteiger partial charge in [0, 0.05) is 0 Å². The highest BCUT2D eigenvalue weighted by molar-refractivity contribution is 4.98. The van der Waals surface area contributed by atoms with Crippen LogP contribution in [0.5, 0.6) is 0 Å². The topological polar surface area (TPSA) is 314 Å². The Bertz CT molecular complexity index is 794. The van der Waals surface area contributed by atoms with Crippen molar-refractivity contribution < 1.29 is 78.7 Å². The molecule has 0 aromatic heterocycles. The van der Waals surface area contributed by atoms with E-state index in [9.17, 15) is 30.6 Å². The van der Waals surface area contributed by atoms with Gasteiger partial charge in [0.25, 0.3) is 0 Å². The quantitative estimate of drug-likeness (QED) is 0.0692. The van der Waals surface area contributed by atoms with Crippen LogP contribution < -0.4 is 17.2 Å². The van der Waals surface area contributed by atoms with Crippen molar-refractivity contribution in [3.05, 3.63) is 0 Å². The molecule has 14 N–H and O–H groups in total. The zero-order valence-electron chi connectivity index (χ0n) is 23.6. The Labute approximate surface area is 255 Å². The molecular weight excluding hydrogens is 598 g/mol. The molecule has 3 saturated heterocycles. The van der Waals surface area contributed by atoms with Crippen molar-refractivity contribution in [2.45, 2.75) is 99.4 Å². The molecule has 3 aliphatic rings. The third-order valence-electron chi connectivity index (χ3n) is 7.35. The Balaban J connectivity index is 0.00000675. The highest BCUT2D eigenvalue weighted by atomic mass is 16.7. The van der Waals surface area contributed by atoms with Crippen molar-refractivity contribution in [1.82, 2.24) is 0 Å². The van der Waals surface area contributed by atoms with E-state index in [1.165, 1.54) is 0 Å². The molecule has 44 heavy (non-hydrogen) atoms. The Hall–Kier alpha value is -0.760. The van der Waals surface area contributed by atoms with Crippen LogP contribution in [0.15, 0.2) is 0 Å². The minimum atomic E-state index is -1.55. The van der Waals surface area contributed by atoms with E-state index in [1.54, 1.807) is 0 Å². The monoisotopic (exact) mass is 649 g/mol. The zero-order chi connectivity index (χ0) is 31.7. The zero-order valence-corrected chi connectivity index (χ0v) is 23.6. The minimum absolute atomic E-state index is 0. The molecule has 0 aromatic carbocycles. The molecule has 0 radical (unpaired) electrons. The third-order valence-corrected chi connectivity index (χ3v) is 7.35. The van der Waals surface area contributed by atoms with Gasteiger partial charge < -0.3 is 95.9 Å². The van der Waals surface area contributed by atoms with Crippen LogP contribution in [-0.4, -0.2) is 192 Å². The summed E-state index contributed by atoms with van der Waals surface area (Å²) in [5, 5.41) is 80.1. The van der Waals surface area contributed by atoms with Crippen LogP contribution in [0.25, 0.3) is 0 Å². The predicted octanol–water partition coefficient (Wildman–Crippen LogP) is -6.99. The van der Waals surface area contributed by atoms with Crippen molar-refractivity contribution in [2.75, 3.05) is 59.5 Å². The fourth-order valence-electron chi connectivity index (χ4n) is 4.94. The number of rotatable bonds is 16. The van der Waals surface area contributed by atoms with Crippen molar-refractivity contribution in [3.63, 3.8) is 0 Å². The molecule has 0 amide bonds. The fourth-order valence-corrected chi connectivity index (χ4v) is 4.94. The van der Waals surface area contributed by atoms with E-state index in [1.807, 2.05) is 0 Å². The van der Waals surface area contributed by atoms with Gasteiger partial charge in [0.1, 0.15) is 54.9 Å². The summed E-state index contributed by atoms with van der Waals surface area (Å²) in [6, 6.07) is -3.88. The molecular formula is C25H51N3O16. The summed E-state index contributed by atoms with van der Waals surface area (Å²) in [6.07, 6.45) is -16.2. The standard InChI is InChI=1S/C24H47N3O16.CH4/c25-13-18(33)20(11(39-22(13)35)8-37-5-2-29)42-24-15(27)19(34)21(12(41-24)9-38-6-3-30)43-23-14(26)17(32)16(31)10(40-23)7-36-4-1-28;/h10-24,28-35H,1-9,25-27H2;1H4. The lowest BCUT2D eigenvalue weighted by Gasteiger charge is -2.49. The molecule has 3 fully saturated rings. The van der Waals surface area contributed by atoms with Gasteiger partial charge in [0.05, 0.1) is 77.6 Å². The number of ether oxygens (including phenoxy) is 8. The molecule has 3 aliphatic heterocycles. The van der Waals surface area contributed by atoms with Crippen molar-refractivity contribution in [2.24, 2.45) is 17.2 Å². The number of nitrogens with two attached hydrogens (primary N) is 3. The number of aliphatic hydroxyl groups excluding tert-OH is 8. The van der Waals surface area contributed by atoms with Crippen molar-refractivity contribution in [1.29, 1.82) is 0 Å². The first-order valence-corrected chi connectivity index (χ1v) is 14.1. The summed E-state index contributed by atoms with van der Waals surface area (Å²) in [7, 11) is 0. The van der Waals surface area contributed by atoms with Crippen molar-refractivity contribution >= 4 is 0 Å². The van der Waals surface area contributed by atoms with E-state index >= 15 is 0 Å². The summed E-state index contributed by atoms with van der Waals surface area (Å²) >= 11 is 0. The predicted molar refractivity (Wildman–Crippen MR) is 146 cm³/mol. The van der Waals surface area contributed by atoms with E-state index in [2.05, 4.69) is 0 Å². The summed E-state index contributed by atoms with van der Waals surface area (Å²) in [6.45, 7) is -1.76. The van der Waals surface area contributed by atoms with Gasteiger partial charge in [-0.25, -0.2) is 0 Å². The molecule has 19 heteroatoms. The van der Waals surface area contributed by atoms with Crippen LogP contribution in [0.1, 0.15) is 7.43 Å². The van der Waals surface area contributed by atoms with Crippen LogP contribution in [0, 0.1) is 0 Å². The lowest BCUT2D eigenvalue weighted by atomic mass is 9.94. The SMILES string of the molecule is C.NC1C(OC2C(COCCO)OC(OC3C(COCCO)OC(O)C(N)C3O)C(N)C2O)OC(COCCO)C(O)C1O. The Kier molecular flexibility index (Phi) is 17.2. The van der Waals surface area contributed by atoms with E-state index in [4.69, 9.17) is 65.3 Å². The highest BCUT2D eigenvalue weighted by Gasteiger charge is 2.52. The smallest absolute Gasteiger partial charge is 0.176 e. The van der Waals surface area contributed by atoms with Crippen LogP contribution >= 0.6 is 0 Å². The van der Waals surface area contributed by atoms with E-state index in [0.717, 1.165) is 0 Å². The highest BCUT2D eigenvalue weighted by Crippen LogP contribution is 2.31. The molecule has 0 spiro atoms. The first-order chi connectivity index (χ1) is 20.5. The van der Waals surface area contributed by atoms with E-state index < -0.39 is 91.9 Å². The Morgan fingerprint density at radius 1 is 0.500 bits per heavy atom. The lowest BCUT2D eigenvalue weighted by Crippen LogP contribution is -2.69. The first kappa shape index (κ1) is 39.4. The van der Waals surface area contributed by atoms with Gasteiger partial charge in [-0.15, -0.1) is 0 Å².